The van der Waals surface area contributed by atoms with Gasteiger partial charge in [0.1, 0.15) is 23.9 Å². The highest BCUT2D eigenvalue weighted by molar-refractivity contribution is 5.33. The summed E-state index contributed by atoms with van der Waals surface area (Å²) in [6.07, 6.45) is 1.70. The molecule has 0 aliphatic heterocycles. The van der Waals surface area contributed by atoms with Crippen molar-refractivity contribution in [2.24, 2.45) is 0 Å². The number of methoxy groups -OCH3 is 1. The molecule has 0 bridgehead atoms. The second-order valence-electron chi connectivity index (χ2n) is 5.94. The molecule has 2 rings (SSSR count). The summed E-state index contributed by atoms with van der Waals surface area (Å²) in [4.78, 5) is 0. The van der Waals surface area contributed by atoms with E-state index in [4.69, 9.17) is 13.9 Å². The summed E-state index contributed by atoms with van der Waals surface area (Å²) in [5.74, 6) is 2.48. The van der Waals surface area contributed by atoms with Gasteiger partial charge in [0.2, 0.25) is 0 Å². The molecule has 0 fully saturated rings. The molecule has 4 nitrogen and oxygen atoms in total. The first-order valence-electron chi connectivity index (χ1n) is 7.05. The van der Waals surface area contributed by atoms with Crippen LogP contribution in [0.1, 0.15) is 32.1 Å². The molecule has 1 aromatic carbocycles. The largest absolute Gasteiger partial charge is 0.497 e. The van der Waals surface area contributed by atoms with Gasteiger partial charge in [-0.3, -0.25) is 0 Å². The number of nitrogens with one attached hydrogen (secondary N) is 1. The SMILES string of the molecule is COc1cccc(OCc2ccoc2CNC(C)(C)C)c1. The Hall–Kier alpha value is -1.94. The molecule has 0 saturated heterocycles. The van der Waals surface area contributed by atoms with Gasteiger partial charge in [0, 0.05) is 17.2 Å². The smallest absolute Gasteiger partial charge is 0.124 e. The van der Waals surface area contributed by atoms with E-state index in [1.807, 2.05) is 30.3 Å². The molecular weight excluding hydrogens is 266 g/mol. The maximum atomic E-state index is 5.80. The number of ether oxygens (including phenoxy) is 2. The lowest BCUT2D eigenvalue weighted by Gasteiger charge is -2.20. The van der Waals surface area contributed by atoms with Crippen LogP contribution in [-0.4, -0.2) is 12.6 Å². The van der Waals surface area contributed by atoms with Gasteiger partial charge in [-0.1, -0.05) is 6.07 Å². The van der Waals surface area contributed by atoms with Crippen LogP contribution in [0.3, 0.4) is 0 Å². The number of rotatable bonds is 6. The lowest BCUT2D eigenvalue weighted by molar-refractivity contribution is 0.297. The van der Waals surface area contributed by atoms with Gasteiger partial charge in [0.15, 0.2) is 0 Å². The first-order chi connectivity index (χ1) is 9.98. The average Bonchev–Trinajstić information content (AvgIpc) is 2.90. The summed E-state index contributed by atoms with van der Waals surface area (Å²) in [5, 5.41) is 3.41. The van der Waals surface area contributed by atoms with E-state index >= 15 is 0 Å². The molecule has 0 unspecified atom stereocenters. The zero-order valence-electron chi connectivity index (χ0n) is 13.1. The van der Waals surface area contributed by atoms with Crippen molar-refractivity contribution >= 4 is 0 Å². The minimum Gasteiger partial charge on any atom is -0.497 e. The summed E-state index contributed by atoms with van der Waals surface area (Å²) >= 11 is 0. The molecule has 0 aliphatic rings. The van der Waals surface area contributed by atoms with Gasteiger partial charge < -0.3 is 19.2 Å². The highest BCUT2D eigenvalue weighted by Gasteiger charge is 2.13. The van der Waals surface area contributed by atoms with E-state index in [2.05, 4.69) is 26.1 Å². The minimum absolute atomic E-state index is 0.0533. The van der Waals surface area contributed by atoms with Crippen LogP contribution in [0.15, 0.2) is 41.0 Å². The van der Waals surface area contributed by atoms with Gasteiger partial charge in [-0.15, -0.1) is 0 Å². The summed E-state index contributed by atoms with van der Waals surface area (Å²) in [6.45, 7) is 7.55. The molecule has 0 amide bonds. The van der Waals surface area contributed by atoms with Crippen molar-refractivity contribution in [2.75, 3.05) is 7.11 Å². The van der Waals surface area contributed by atoms with Crippen LogP contribution >= 0.6 is 0 Å². The minimum atomic E-state index is 0.0533. The monoisotopic (exact) mass is 289 g/mol. The van der Waals surface area contributed by atoms with Crippen molar-refractivity contribution in [3.63, 3.8) is 0 Å². The Morgan fingerprint density at radius 2 is 1.90 bits per heavy atom. The maximum Gasteiger partial charge on any atom is 0.124 e. The lowest BCUT2D eigenvalue weighted by Crippen LogP contribution is -2.35. The van der Waals surface area contributed by atoms with Crippen LogP contribution < -0.4 is 14.8 Å². The van der Waals surface area contributed by atoms with Crippen molar-refractivity contribution < 1.29 is 13.9 Å². The molecule has 0 radical (unpaired) electrons. The number of hydrogen-bond acceptors (Lipinski definition) is 4. The van der Waals surface area contributed by atoms with E-state index < -0.39 is 0 Å². The summed E-state index contributed by atoms with van der Waals surface area (Å²) in [6, 6.07) is 9.53. The molecule has 0 atom stereocenters. The zero-order valence-corrected chi connectivity index (χ0v) is 13.1. The van der Waals surface area contributed by atoms with Crippen LogP contribution in [0.2, 0.25) is 0 Å². The van der Waals surface area contributed by atoms with E-state index in [1.54, 1.807) is 13.4 Å². The van der Waals surface area contributed by atoms with E-state index in [1.165, 1.54) is 0 Å². The number of furan rings is 1. The molecule has 4 heteroatoms. The standard InChI is InChI=1S/C17H23NO3/c1-17(2,3)18-11-16-13(8-9-20-16)12-21-15-7-5-6-14(10-15)19-4/h5-10,18H,11-12H2,1-4H3. The van der Waals surface area contributed by atoms with Crippen LogP contribution in [0.5, 0.6) is 11.5 Å². The Kier molecular flexibility index (Phi) is 4.91. The lowest BCUT2D eigenvalue weighted by atomic mass is 10.1. The van der Waals surface area contributed by atoms with E-state index in [0.717, 1.165) is 22.8 Å². The third-order valence-electron chi connectivity index (χ3n) is 3.05. The Morgan fingerprint density at radius 1 is 1.14 bits per heavy atom. The average molecular weight is 289 g/mol. The van der Waals surface area contributed by atoms with E-state index in [0.29, 0.717) is 13.2 Å². The Bertz CT molecular complexity index is 569. The van der Waals surface area contributed by atoms with Crippen molar-refractivity contribution in [3.8, 4) is 11.5 Å². The van der Waals surface area contributed by atoms with Crippen LogP contribution in [0, 0.1) is 0 Å². The molecular formula is C17H23NO3. The second kappa shape index (κ2) is 6.68. The first-order valence-corrected chi connectivity index (χ1v) is 7.05. The predicted molar refractivity (Wildman–Crippen MR) is 82.6 cm³/mol. The highest BCUT2D eigenvalue weighted by Crippen LogP contribution is 2.21. The van der Waals surface area contributed by atoms with Gasteiger partial charge in [-0.2, -0.15) is 0 Å². The van der Waals surface area contributed by atoms with Crippen LogP contribution in [0.25, 0.3) is 0 Å². The molecule has 0 aliphatic carbocycles. The summed E-state index contributed by atoms with van der Waals surface area (Å²) < 4.78 is 16.5. The molecule has 21 heavy (non-hydrogen) atoms. The molecule has 1 aromatic heterocycles. The fraction of sp³-hybridized carbons (Fsp3) is 0.412. The molecule has 1 N–H and O–H groups in total. The Labute approximate surface area is 126 Å². The Morgan fingerprint density at radius 3 is 2.62 bits per heavy atom. The van der Waals surface area contributed by atoms with Crippen molar-refractivity contribution in [1.82, 2.24) is 5.32 Å². The van der Waals surface area contributed by atoms with Crippen LogP contribution in [0.4, 0.5) is 0 Å². The normalized spacial score (nSPS) is 11.4. The quantitative estimate of drug-likeness (QED) is 0.879. The maximum absolute atomic E-state index is 5.80. The Balaban J connectivity index is 1.95. The van der Waals surface area contributed by atoms with Crippen molar-refractivity contribution in [1.29, 1.82) is 0 Å². The highest BCUT2D eigenvalue weighted by atomic mass is 16.5. The molecule has 1 heterocycles. The van der Waals surface area contributed by atoms with E-state index in [-0.39, 0.29) is 5.54 Å². The number of hydrogen-bond donors (Lipinski definition) is 1. The summed E-state index contributed by atoms with van der Waals surface area (Å²) in [7, 11) is 1.64. The molecule has 0 spiro atoms. The first kappa shape index (κ1) is 15.4. The predicted octanol–water partition coefficient (Wildman–Crippen LogP) is 3.76. The fourth-order valence-electron chi connectivity index (χ4n) is 1.85. The molecule has 114 valence electrons. The molecule has 2 aromatic rings. The number of benzene rings is 1. The summed E-state index contributed by atoms with van der Waals surface area (Å²) in [5.41, 5.74) is 1.10. The van der Waals surface area contributed by atoms with Crippen LogP contribution in [-0.2, 0) is 13.2 Å². The second-order valence-corrected chi connectivity index (χ2v) is 5.94. The fourth-order valence-corrected chi connectivity index (χ4v) is 1.85. The molecule has 0 saturated carbocycles. The van der Waals surface area contributed by atoms with Gasteiger partial charge in [-0.05, 0) is 39.0 Å². The van der Waals surface area contributed by atoms with Crippen molar-refractivity contribution in [2.45, 2.75) is 39.5 Å². The van der Waals surface area contributed by atoms with Gasteiger partial charge in [-0.25, -0.2) is 0 Å². The van der Waals surface area contributed by atoms with Gasteiger partial charge in [0.05, 0.1) is 19.9 Å². The van der Waals surface area contributed by atoms with E-state index in [9.17, 15) is 0 Å². The van der Waals surface area contributed by atoms with Crippen molar-refractivity contribution in [3.05, 3.63) is 47.9 Å². The topological polar surface area (TPSA) is 43.6 Å². The van der Waals surface area contributed by atoms with Gasteiger partial charge in [0.25, 0.3) is 0 Å². The third-order valence-corrected chi connectivity index (χ3v) is 3.05. The van der Waals surface area contributed by atoms with Gasteiger partial charge >= 0.3 is 0 Å². The third kappa shape index (κ3) is 4.83. The zero-order chi connectivity index (χ0) is 15.3.